The van der Waals surface area contributed by atoms with E-state index in [0.29, 0.717) is 0 Å². The fraction of sp³-hybridized carbons (Fsp3) is 0.600. The van der Waals surface area contributed by atoms with Crippen LogP contribution in [0.1, 0.15) is 17.7 Å². The van der Waals surface area contributed by atoms with Gasteiger partial charge in [-0.05, 0) is 31.5 Å². The average molecular weight is 197 g/mol. The van der Waals surface area contributed by atoms with Gasteiger partial charge in [-0.25, -0.2) is 0 Å². The monoisotopic (exact) mass is 197 g/mol. The Balaban J connectivity index is 1.82. The van der Waals surface area contributed by atoms with Gasteiger partial charge in [0.25, 0.3) is 0 Å². The van der Waals surface area contributed by atoms with E-state index < -0.39 is 0 Å². The van der Waals surface area contributed by atoms with Crippen molar-refractivity contribution in [3.63, 3.8) is 0 Å². The van der Waals surface area contributed by atoms with Crippen molar-refractivity contribution >= 4 is 11.8 Å². The summed E-state index contributed by atoms with van der Waals surface area (Å²) in [5.41, 5.74) is 1.28. The lowest BCUT2D eigenvalue weighted by Gasteiger charge is -2.06. The molecule has 1 atom stereocenters. The first-order valence-corrected chi connectivity index (χ1v) is 5.76. The molecule has 1 aliphatic rings. The fourth-order valence-corrected chi connectivity index (χ4v) is 2.72. The lowest BCUT2D eigenvalue weighted by atomic mass is 10.3. The maximum absolute atomic E-state index is 5.38. The van der Waals surface area contributed by atoms with Crippen LogP contribution in [0.15, 0.2) is 16.7 Å². The molecular formula is C10H15NOS. The molecular weight excluding hydrogens is 182 g/mol. The highest BCUT2D eigenvalue weighted by molar-refractivity contribution is 7.99. The first kappa shape index (κ1) is 9.16. The van der Waals surface area contributed by atoms with E-state index in [1.165, 1.54) is 18.5 Å². The standard InChI is InChI=1S/C10H15NOS/c1-8-3-5-12-10(8)7-13-9-2-4-11-6-9/h3,5,9,11H,2,4,6-7H2,1H3. The van der Waals surface area contributed by atoms with Crippen LogP contribution in [0.3, 0.4) is 0 Å². The van der Waals surface area contributed by atoms with Gasteiger partial charge in [0.1, 0.15) is 5.76 Å². The van der Waals surface area contributed by atoms with Crippen LogP contribution in [0.5, 0.6) is 0 Å². The molecule has 0 radical (unpaired) electrons. The molecule has 0 saturated carbocycles. The Bertz CT molecular complexity index is 266. The van der Waals surface area contributed by atoms with Crippen molar-refractivity contribution < 1.29 is 4.42 Å². The molecule has 72 valence electrons. The summed E-state index contributed by atoms with van der Waals surface area (Å²) >= 11 is 2.00. The molecule has 1 aliphatic heterocycles. The van der Waals surface area contributed by atoms with Gasteiger partial charge in [0.15, 0.2) is 0 Å². The van der Waals surface area contributed by atoms with E-state index in [-0.39, 0.29) is 0 Å². The summed E-state index contributed by atoms with van der Waals surface area (Å²) in [7, 11) is 0. The van der Waals surface area contributed by atoms with Gasteiger partial charge in [0.2, 0.25) is 0 Å². The Morgan fingerprint density at radius 1 is 1.69 bits per heavy atom. The van der Waals surface area contributed by atoms with Crippen LogP contribution >= 0.6 is 11.8 Å². The van der Waals surface area contributed by atoms with Gasteiger partial charge in [-0.2, -0.15) is 0 Å². The Kier molecular flexibility index (Phi) is 2.96. The van der Waals surface area contributed by atoms with Crippen molar-refractivity contribution in [3.05, 3.63) is 23.7 Å². The normalized spacial score (nSPS) is 22.4. The largest absolute Gasteiger partial charge is 0.468 e. The van der Waals surface area contributed by atoms with Crippen LogP contribution in [0.25, 0.3) is 0 Å². The number of aryl methyl sites for hydroxylation is 1. The molecule has 3 heteroatoms. The van der Waals surface area contributed by atoms with Crippen LogP contribution in [0.2, 0.25) is 0 Å². The summed E-state index contributed by atoms with van der Waals surface area (Å²) in [6.07, 6.45) is 3.07. The Labute approximate surface area is 83.1 Å². The highest BCUT2D eigenvalue weighted by atomic mass is 32.2. The average Bonchev–Trinajstić information content (AvgIpc) is 2.72. The molecule has 2 rings (SSSR count). The Morgan fingerprint density at radius 3 is 3.23 bits per heavy atom. The minimum atomic E-state index is 0.782. The third-order valence-corrected chi connectivity index (χ3v) is 3.74. The van der Waals surface area contributed by atoms with E-state index in [2.05, 4.69) is 12.2 Å². The molecule has 0 bridgehead atoms. The third kappa shape index (κ3) is 2.29. The summed E-state index contributed by atoms with van der Waals surface area (Å²) in [5, 5.41) is 4.15. The van der Waals surface area contributed by atoms with Gasteiger partial charge in [0, 0.05) is 11.8 Å². The van der Waals surface area contributed by atoms with E-state index in [1.54, 1.807) is 6.26 Å². The van der Waals surface area contributed by atoms with Gasteiger partial charge >= 0.3 is 0 Å². The summed E-state index contributed by atoms with van der Waals surface area (Å²) in [6.45, 7) is 4.44. The first-order chi connectivity index (χ1) is 6.36. The zero-order valence-corrected chi connectivity index (χ0v) is 8.69. The minimum absolute atomic E-state index is 0.782. The quantitative estimate of drug-likeness (QED) is 0.804. The van der Waals surface area contributed by atoms with Crippen LogP contribution in [0.4, 0.5) is 0 Å². The zero-order valence-electron chi connectivity index (χ0n) is 7.88. The lowest BCUT2D eigenvalue weighted by molar-refractivity contribution is 0.527. The number of rotatable bonds is 3. The van der Waals surface area contributed by atoms with Crippen molar-refractivity contribution in [2.24, 2.45) is 0 Å². The molecule has 1 unspecified atom stereocenters. The van der Waals surface area contributed by atoms with E-state index in [0.717, 1.165) is 23.3 Å². The third-order valence-electron chi connectivity index (χ3n) is 2.43. The van der Waals surface area contributed by atoms with E-state index in [1.807, 2.05) is 17.8 Å². The molecule has 1 fully saturated rings. The molecule has 0 amide bonds. The number of hydrogen-bond acceptors (Lipinski definition) is 3. The van der Waals surface area contributed by atoms with Crippen molar-refractivity contribution in [3.8, 4) is 0 Å². The number of hydrogen-bond donors (Lipinski definition) is 1. The molecule has 1 aromatic heterocycles. The molecule has 2 nitrogen and oxygen atoms in total. The predicted octanol–water partition coefficient (Wildman–Crippen LogP) is 2.18. The van der Waals surface area contributed by atoms with Crippen molar-refractivity contribution in [2.75, 3.05) is 13.1 Å². The Morgan fingerprint density at radius 2 is 2.62 bits per heavy atom. The topological polar surface area (TPSA) is 25.2 Å². The second kappa shape index (κ2) is 4.20. The Hall–Kier alpha value is -0.410. The second-order valence-corrected chi connectivity index (χ2v) is 4.74. The van der Waals surface area contributed by atoms with Gasteiger partial charge in [-0.1, -0.05) is 0 Å². The highest BCUT2D eigenvalue weighted by Crippen LogP contribution is 2.24. The van der Waals surface area contributed by atoms with E-state index >= 15 is 0 Å². The lowest BCUT2D eigenvalue weighted by Crippen LogP contribution is -2.10. The summed E-state index contributed by atoms with van der Waals surface area (Å²) in [6, 6.07) is 2.03. The van der Waals surface area contributed by atoms with Gasteiger partial charge < -0.3 is 9.73 Å². The van der Waals surface area contributed by atoms with Crippen molar-refractivity contribution in [2.45, 2.75) is 24.3 Å². The second-order valence-electron chi connectivity index (χ2n) is 3.45. The molecule has 0 aliphatic carbocycles. The molecule has 1 saturated heterocycles. The predicted molar refractivity (Wildman–Crippen MR) is 56.0 cm³/mol. The van der Waals surface area contributed by atoms with Gasteiger partial charge in [-0.15, -0.1) is 11.8 Å². The zero-order chi connectivity index (χ0) is 9.10. The SMILES string of the molecule is Cc1ccoc1CSC1CCNC1. The maximum Gasteiger partial charge on any atom is 0.116 e. The van der Waals surface area contributed by atoms with Crippen molar-refractivity contribution in [1.29, 1.82) is 0 Å². The summed E-state index contributed by atoms with van der Waals surface area (Å²) in [4.78, 5) is 0. The summed E-state index contributed by atoms with van der Waals surface area (Å²) < 4.78 is 5.38. The highest BCUT2D eigenvalue weighted by Gasteiger charge is 2.15. The number of thioether (sulfide) groups is 1. The minimum Gasteiger partial charge on any atom is -0.468 e. The van der Waals surface area contributed by atoms with Gasteiger partial charge in [0.05, 0.1) is 12.0 Å². The molecule has 13 heavy (non-hydrogen) atoms. The van der Waals surface area contributed by atoms with E-state index in [9.17, 15) is 0 Å². The van der Waals surface area contributed by atoms with Crippen LogP contribution < -0.4 is 5.32 Å². The molecule has 0 aromatic carbocycles. The molecule has 2 heterocycles. The molecule has 1 aromatic rings. The molecule has 0 spiro atoms. The van der Waals surface area contributed by atoms with Crippen molar-refractivity contribution in [1.82, 2.24) is 5.32 Å². The van der Waals surface area contributed by atoms with Gasteiger partial charge in [-0.3, -0.25) is 0 Å². The smallest absolute Gasteiger partial charge is 0.116 e. The van der Waals surface area contributed by atoms with E-state index in [4.69, 9.17) is 4.42 Å². The summed E-state index contributed by atoms with van der Waals surface area (Å²) in [5.74, 6) is 2.16. The van der Waals surface area contributed by atoms with Crippen LogP contribution in [0, 0.1) is 6.92 Å². The molecule has 1 N–H and O–H groups in total. The van der Waals surface area contributed by atoms with Crippen LogP contribution in [-0.2, 0) is 5.75 Å². The fourth-order valence-electron chi connectivity index (χ4n) is 1.52. The first-order valence-electron chi connectivity index (χ1n) is 4.71. The number of furan rings is 1. The maximum atomic E-state index is 5.38. The van der Waals surface area contributed by atoms with Crippen LogP contribution in [-0.4, -0.2) is 18.3 Å². The number of nitrogens with one attached hydrogen (secondary N) is 1.